The Bertz CT molecular complexity index is 529. The quantitative estimate of drug-likeness (QED) is 0.807. The predicted molar refractivity (Wildman–Crippen MR) is 103 cm³/mol. The number of amides is 2. The number of carbonyl (C=O) groups excluding carboxylic acids is 2. The van der Waals surface area contributed by atoms with Gasteiger partial charge in [0.1, 0.15) is 0 Å². The van der Waals surface area contributed by atoms with Crippen LogP contribution < -0.4 is 10.6 Å². The van der Waals surface area contributed by atoms with Crippen LogP contribution in [0.3, 0.4) is 0 Å². The SMILES string of the molecule is CCN(CC)C(=O)c1ccc(NC(=O)CC2CSCCN2)cc1.Cl. The molecule has 0 spiro atoms. The first-order valence-electron chi connectivity index (χ1n) is 8.14. The number of thioether (sulfide) groups is 1. The molecule has 0 aromatic heterocycles. The molecule has 5 nitrogen and oxygen atoms in total. The van der Waals surface area contributed by atoms with Gasteiger partial charge in [-0.2, -0.15) is 11.8 Å². The van der Waals surface area contributed by atoms with Crippen LogP contribution in [-0.2, 0) is 4.79 Å². The minimum absolute atomic E-state index is 0. The van der Waals surface area contributed by atoms with Crippen LogP contribution in [0.1, 0.15) is 30.6 Å². The summed E-state index contributed by atoms with van der Waals surface area (Å²) in [5.74, 6) is 2.12. The number of halogens is 1. The monoisotopic (exact) mass is 371 g/mol. The molecule has 1 aromatic carbocycles. The maximum absolute atomic E-state index is 12.2. The van der Waals surface area contributed by atoms with Gasteiger partial charge in [-0.15, -0.1) is 12.4 Å². The molecule has 1 unspecified atom stereocenters. The van der Waals surface area contributed by atoms with E-state index in [4.69, 9.17) is 0 Å². The highest BCUT2D eigenvalue weighted by Gasteiger charge is 2.17. The second-order valence-corrected chi connectivity index (χ2v) is 6.68. The van der Waals surface area contributed by atoms with E-state index in [1.165, 1.54) is 0 Å². The fourth-order valence-corrected chi connectivity index (χ4v) is 3.53. The van der Waals surface area contributed by atoms with Gasteiger partial charge in [0.05, 0.1) is 0 Å². The molecule has 7 heteroatoms. The Labute approximate surface area is 154 Å². The van der Waals surface area contributed by atoms with Gasteiger partial charge >= 0.3 is 0 Å². The van der Waals surface area contributed by atoms with Crippen LogP contribution >= 0.6 is 24.2 Å². The second kappa shape index (κ2) is 10.6. The molecule has 2 N–H and O–H groups in total. The van der Waals surface area contributed by atoms with Gasteiger partial charge in [-0.05, 0) is 38.1 Å². The van der Waals surface area contributed by atoms with Gasteiger partial charge in [-0.25, -0.2) is 0 Å². The van der Waals surface area contributed by atoms with E-state index in [2.05, 4.69) is 10.6 Å². The first-order chi connectivity index (χ1) is 11.1. The number of benzene rings is 1. The average Bonchev–Trinajstić information content (AvgIpc) is 2.57. The summed E-state index contributed by atoms with van der Waals surface area (Å²) < 4.78 is 0. The first kappa shape index (κ1) is 20.8. The molecule has 0 bridgehead atoms. The van der Waals surface area contributed by atoms with Gasteiger partial charge in [0.15, 0.2) is 0 Å². The maximum atomic E-state index is 12.2. The summed E-state index contributed by atoms with van der Waals surface area (Å²) in [5, 5.41) is 6.25. The van der Waals surface area contributed by atoms with E-state index in [9.17, 15) is 9.59 Å². The third-order valence-electron chi connectivity index (χ3n) is 3.90. The molecule has 0 saturated carbocycles. The highest BCUT2D eigenvalue weighted by molar-refractivity contribution is 7.99. The van der Waals surface area contributed by atoms with Crippen LogP contribution in [0.2, 0.25) is 0 Å². The van der Waals surface area contributed by atoms with Crippen molar-refractivity contribution in [3.05, 3.63) is 29.8 Å². The molecule has 1 saturated heterocycles. The summed E-state index contributed by atoms with van der Waals surface area (Å²) in [6.07, 6.45) is 0.479. The molecular formula is C17H26ClN3O2S. The normalized spacial score (nSPS) is 16.8. The third-order valence-corrected chi connectivity index (χ3v) is 5.03. The lowest BCUT2D eigenvalue weighted by molar-refractivity contribution is -0.116. The van der Waals surface area contributed by atoms with Crippen molar-refractivity contribution in [1.29, 1.82) is 0 Å². The van der Waals surface area contributed by atoms with Crippen molar-refractivity contribution in [3.63, 3.8) is 0 Å². The Morgan fingerprint density at radius 3 is 2.46 bits per heavy atom. The Morgan fingerprint density at radius 2 is 1.92 bits per heavy atom. The number of nitrogens with zero attached hydrogens (tertiary/aromatic N) is 1. The summed E-state index contributed by atoms with van der Waals surface area (Å²) in [6.45, 7) is 6.28. The van der Waals surface area contributed by atoms with Crippen LogP contribution in [0.25, 0.3) is 0 Å². The molecule has 1 atom stereocenters. The zero-order valence-electron chi connectivity index (χ0n) is 14.2. The lowest BCUT2D eigenvalue weighted by atomic mass is 10.1. The molecule has 1 fully saturated rings. The smallest absolute Gasteiger partial charge is 0.253 e. The lowest BCUT2D eigenvalue weighted by Gasteiger charge is -2.22. The topological polar surface area (TPSA) is 61.4 Å². The van der Waals surface area contributed by atoms with Crippen molar-refractivity contribution >= 4 is 41.7 Å². The molecule has 1 aliphatic rings. The van der Waals surface area contributed by atoms with Crippen LogP contribution in [0, 0.1) is 0 Å². The summed E-state index contributed by atoms with van der Waals surface area (Å²) in [7, 11) is 0. The fraction of sp³-hybridized carbons (Fsp3) is 0.529. The summed E-state index contributed by atoms with van der Waals surface area (Å²) >= 11 is 1.88. The third kappa shape index (κ3) is 6.00. The molecule has 1 aromatic rings. The van der Waals surface area contributed by atoms with Crippen molar-refractivity contribution in [2.24, 2.45) is 0 Å². The summed E-state index contributed by atoms with van der Waals surface area (Å²) in [6, 6.07) is 7.36. The van der Waals surface area contributed by atoms with Crippen LogP contribution in [0.4, 0.5) is 5.69 Å². The van der Waals surface area contributed by atoms with Gasteiger partial charge in [0, 0.05) is 54.9 Å². The molecule has 0 radical (unpaired) electrons. The van der Waals surface area contributed by atoms with E-state index in [1.54, 1.807) is 29.2 Å². The van der Waals surface area contributed by atoms with Crippen molar-refractivity contribution in [1.82, 2.24) is 10.2 Å². The first-order valence-corrected chi connectivity index (χ1v) is 9.29. The molecule has 2 rings (SSSR count). The highest BCUT2D eigenvalue weighted by Crippen LogP contribution is 2.14. The van der Waals surface area contributed by atoms with E-state index < -0.39 is 0 Å². The van der Waals surface area contributed by atoms with Crippen molar-refractivity contribution in [2.45, 2.75) is 26.3 Å². The number of hydrogen-bond donors (Lipinski definition) is 2. The van der Waals surface area contributed by atoms with Crippen molar-refractivity contribution < 1.29 is 9.59 Å². The molecule has 0 aliphatic carbocycles. The zero-order valence-corrected chi connectivity index (χ0v) is 15.8. The van der Waals surface area contributed by atoms with Gasteiger partial charge in [0.2, 0.25) is 5.91 Å². The Hall–Kier alpha value is -1.24. The van der Waals surface area contributed by atoms with E-state index in [-0.39, 0.29) is 30.3 Å². The van der Waals surface area contributed by atoms with Gasteiger partial charge in [0.25, 0.3) is 5.91 Å². The molecule has 24 heavy (non-hydrogen) atoms. The summed E-state index contributed by atoms with van der Waals surface area (Å²) in [4.78, 5) is 26.1. The number of rotatable bonds is 6. The molecule has 1 aliphatic heterocycles. The summed E-state index contributed by atoms with van der Waals surface area (Å²) in [5.41, 5.74) is 1.38. The minimum atomic E-state index is 0. The number of anilines is 1. The zero-order chi connectivity index (χ0) is 16.7. The van der Waals surface area contributed by atoms with E-state index in [1.807, 2.05) is 25.6 Å². The fourth-order valence-electron chi connectivity index (χ4n) is 2.58. The van der Waals surface area contributed by atoms with Gasteiger partial charge in [-0.1, -0.05) is 0 Å². The van der Waals surface area contributed by atoms with Crippen molar-refractivity contribution in [2.75, 3.05) is 36.5 Å². The molecule has 134 valence electrons. The standard InChI is InChI=1S/C17H25N3O2S.ClH/c1-3-20(4-2)17(22)13-5-7-14(8-6-13)19-16(21)11-15-12-23-10-9-18-15;/h5-8,15,18H,3-4,9-12H2,1-2H3,(H,19,21);1H. The largest absolute Gasteiger partial charge is 0.339 e. The Morgan fingerprint density at radius 1 is 1.25 bits per heavy atom. The van der Waals surface area contributed by atoms with Crippen LogP contribution in [0.15, 0.2) is 24.3 Å². The lowest BCUT2D eigenvalue weighted by Crippen LogP contribution is -2.39. The average molecular weight is 372 g/mol. The van der Waals surface area contributed by atoms with Crippen LogP contribution in [0.5, 0.6) is 0 Å². The van der Waals surface area contributed by atoms with Gasteiger partial charge < -0.3 is 15.5 Å². The van der Waals surface area contributed by atoms with E-state index in [0.29, 0.717) is 25.1 Å². The maximum Gasteiger partial charge on any atom is 0.253 e. The number of hydrogen-bond acceptors (Lipinski definition) is 4. The van der Waals surface area contributed by atoms with E-state index >= 15 is 0 Å². The van der Waals surface area contributed by atoms with Crippen molar-refractivity contribution in [3.8, 4) is 0 Å². The second-order valence-electron chi connectivity index (χ2n) is 5.53. The Balaban J connectivity index is 0.00000288. The number of nitrogens with one attached hydrogen (secondary N) is 2. The molecule has 1 heterocycles. The predicted octanol–water partition coefficient (Wildman–Crippen LogP) is 2.62. The van der Waals surface area contributed by atoms with Gasteiger partial charge in [-0.3, -0.25) is 9.59 Å². The van der Waals surface area contributed by atoms with Crippen LogP contribution in [-0.4, -0.2) is 53.9 Å². The van der Waals surface area contributed by atoms with E-state index in [0.717, 1.165) is 23.7 Å². The highest BCUT2D eigenvalue weighted by atomic mass is 35.5. The number of carbonyl (C=O) groups is 2. The minimum Gasteiger partial charge on any atom is -0.339 e. The molecular weight excluding hydrogens is 346 g/mol. The molecule has 2 amide bonds. The Kier molecular flexibility index (Phi) is 9.18.